The average Bonchev–Trinajstić information content (AvgIpc) is 3.24. The maximum absolute atomic E-state index is 12.6. The molecule has 0 radical (unpaired) electrons. The lowest BCUT2D eigenvalue weighted by Crippen LogP contribution is -2.35. The Balaban J connectivity index is 1.63. The SMILES string of the molecule is CCOc1cc(/C=C2/C(=N)N3N=C(S(C)(=O)=O)SC3=NC2=O)ccc1O[C@@H](C)c1ccccc1. The van der Waals surface area contributed by atoms with Crippen LogP contribution in [0.1, 0.15) is 31.1 Å². The minimum Gasteiger partial charge on any atom is -0.490 e. The van der Waals surface area contributed by atoms with Crippen molar-refractivity contribution in [3.05, 3.63) is 65.2 Å². The number of hydrazone groups is 1. The van der Waals surface area contributed by atoms with Gasteiger partial charge in [-0.1, -0.05) is 36.4 Å². The summed E-state index contributed by atoms with van der Waals surface area (Å²) in [7, 11) is -3.59. The number of nitrogens with one attached hydrogen (secondary N) is 1. The number of aliphatic imine (C=N–C) groups is 1. The number of thioether (sulfide) groups is 1. The summed E-state index contributed by atoms with van der Waals surface area (Å²) in [5, 5.41) is 13.4. The van der Waals surface area contributed by atoms with Gasteiger partial charge in [0.25, 0.3) is 5.91 Å². The molecule has 34 heavy (non-hydrogen) atoms. The molecule has 1 N–H and O–H groups in total. The van der Waals surface area contributed by atoms with Crippen LogP contribution in [0.5, 0.6) is 11.5 Å². The largest absolute Gasteiger partial charge is 0.490 e. The third-order valence-electron chi connectivity index (χ3n) is 4.90. The van der Waals surface area contributed by atoms with Crippen molar-refractivity contribution in [3.63, 3.8) is 0 Å². The molecule has 11 heteroatoms. The fourth-order valence-electron chi connectivity index (χ4n) is 3.25. The van der Waals surface area contributed by atoms with Gasteiger partial charge in [-0.3, -0.25) is 10.2 Å². The van der Waals surface area contributed by atoms with Gasteiger partial charge in [0.15, 0.2) is 17.3 Å². The number of carbonyl (C=O) groups excluding carboxylic acids is 1. The molecule has 0 fully saturated rings. The number of fused-ring (bicyclic) bond motifs is 1. The first kappa shape index (κ1) is 23.7. The predicted octanol–water partition coefficient (Wildman–Crippen LogP) is 3.85. The molecule has 0 spiro atoms. The molecule has 0 saturated heterocycles. The Hall–Kier alpha value is -3.44. The maximum atomic E-state index is 12.6. The summed E-state index contributed by atoms with van der Waals surface area (Å²) in [6.07, 6.45) is 2.30. The molecule has 176 valence electrons. The molecule has 2 heterocycles. The van der Waals surface area contributed by atoms with Gasteiger partial charge in [-0.05, 0) is 54.9 Å². The van der Waals surface area contributed by atoms with E-state index in [1.54, 1.807) is 18.2 Å². The molecule has 0 aliphatic carbocycles. The minimum atomic E-state index is -3.59. The van der Waals surface area contributed by atoms with Crippen LogP contribution < -0.4 is 9.47 Å². The highest BCUT2D eigenvalue weighted by atomic mass is 32.3. The van der Waals surface area contributed by atoms with E-state index in [0.717, 1.165) is 28.6 Å². The molecule has 2 aromatic rings. The second kappa shape index (κ2) is 9.43. The van der Waals surface area contributed by atoms with Gasteiger partial charge in [0.1, 0.15) is 6.10 Å². The van der Waals surface area contributed by atoms with E-state index in [2.05, 4.69) is 10.1 Å². The molecule has 0 saturated carbocycles. The number of nitrogens with zero attached hydrogens (tertiary/aromatic N) is 3. The number of amides is 1. The van der Waals surface area contributed by atoms with Crippen LogP contribution in [0, 0.1) is 5.41 Å². The van der Waals surface area contributed by atoms with Crippen molar-refractivity contribution in [2.24, 2.45) is 10.1 Å². The van der Waals surface area contributed by atoms with Gasteiger partial charge in [-0.2, -0.15) is 10.0 Å². The summed E-state index contributed by atoms with van der Waals surface area (Å²) in [5.41, 5.74) is 1.59. The second-order valence-corrected chi connectivity index (χ2v) is 10.6. The van der Waals surface area contributed by atoms with Crippen molar-refractivity contribution in [3.8, 4) is 11.5 Å². The first-order chi connectivity index (χ1) is 16.2. The highest BCUT2D eigenvalue weighted by Crippen LogP contribution is 2.34. The van der Waals surface area contributed by atoms with Crippen molar-refractivity contribution in [2.75, 3.05) is 12.9 Å². The van der Waals surface area contributed by atoms with E-state index in [-0.39, 0.29) is 27.1 Å². The monoisotopic (exact) mass is 498 g/mol. The van der Waals surface area contributed by atoms with Crippen molar-refractivity contribution in [2.45, 2.75) is 20.0 Å². The van der Waals surface area contributed by atoms with Gasteiger partial charge in [-0.25, -0.2) is 8.42 Å². The lowest BCUT2D eigenvalue weighted by molar-refractivity contribution is -0.114. The summed E-state index contributed by atoms with van der Waals surface area (Å²) in [4.78, 5) is 16.5. The molecule has 4 rings (SSSR count). The van der Waals surface area contributed by atoms with Gasteiger partial charge >= 0.3 is 0 Å². The first-order valence-electron chi connectivity index (χ1n) is 10.4. The van der Waals surface area contributed by atoms with Crippen molar-refractivity contribution < 1.29 is 22.7 Å². The summed E-state index contributed by atoms with van der Waals surface area (Å²) in [6.45, 7) is 4.21. The van der Waals surface area contributed by atoms with Crippen LogP contribution in [0.25, 0.3) is 6.08 Å². The quantitative estimate of drug-likeness (QED) is 0.601. The van der Waals surface area contributed by atoms with Crippen LogP contribution >= 0.6 is 11.8 Å². The predicted molar refractivity (Wildman–Crippen MR) is 133 cm³/mol. The lowest BCUT2D eigenvalue weighted by Gasteiger charge is -2.20. The Morgan fingerprint density at radius 3 is 2.59 bits per heavy atom. The zero-order valence-corrected chi connectivity index (χ0v) is 20.3. The van der Waals surface area contributed by atoms with E-state index in [9.17, 15) is 13.2 Å². The number of ether oxygens (including phenoxy) is 2. The Morgan fingerprint density at radius 1 is 1.18 bits per heavy atom. The average molecular weight is 499 g/mol. The Bertz CT molecular complexity index is 1350. The van der Waals surface area contributed by atoms with Crippen LogP contribution in [0.15, 0.2) is 64.2 Å². The summed E-state index contributed by atoms with van der Waals surface area (Å²) in [6, 6.07) is 15.0. The normalized spacial score (nSPS) is 17.9. The molecule has 2 aromatic carbocycles. The zero-order chi connectivity index (χ0) is 24.5. The van der Waals surface area contributed by atoms with E-state index in [0.29, 0.717) is 23.7 Å². The smallest absolute Gasteiger partial charge is 0.283 e. The van der Waals surface area contributed by atoms with E-state index in [4.69, 9.17) is 14.9 Å². The standard InChI is InChI=1S/C23H22N4O5S2/c1-4-31-19-13-15(10-11-18(19)32-14(2)16-8-6-5-7-9-16)12-17-20(24)27-22(25-21(17)28)33-23(26-27)34(3,29)30/h5-14,24H,4H2,1-3H3/b17-12-,24-20?/t14-/m0/s1. The number of hydrogen-bond donors (Lipinski definition) is 1. The van der Waals surface area contributed by atoms with Crippen LogP contribution in [0.3, 0.4) is 0 Å². The molecule has 2 aliphatic heterocycles. The molecule has 2 aliphatic rings. The van der Waals surface area contributed by atoms with Crippen molar-refractivity contribution >= 4 is 49.0 Å². The van der Waals surface area contributed by atoms with Gasteiger partial charge in [0, 0.05) is 6.26 Å². The number of amidine groups is 2. The lowest BCUT2D eigenvalue weighted by atomic mass is 10.1. The van der Waals surface area contributed by atoms with Gasteiger partial charge < -0.3 is 9.47 Å². The zero-order valence-electron chi connectivity index (χ0n) is 18.7. The summed E-state index contributed by atoms with van der Waals surface area (Å²) in [5.74, 6) is 0.138. The maximum Gasteiger partial charge on any atom is 0.283 e. The van der Waals surface area contributed by atoms with Gasteiger partial charge in [0.05, 0.1) is 12.2 Å². The molecule has 9 nitrogen and oxygen atoms in total. The minimum absolute atomic E-state index is 0.0170. The number of hydrogen-bond acceptors (Lipinski definition) is 8. The third kappa shape index (κ3) is 4.90. The Morgan fingerprint density at radius 2 is 1.91 bits per heavy atom. The molecular weight excluding hydrogens is 476 g/mol. The highest BCUT2D eigenvalue weighted by Gasteiger charge is 2.38. The van der Waals surface area contributed by atoms with E-state index in [1.807, 2.05) is 44.2 Å². The highest BCUT2D eigenvalue weighted by molar-refractivity contribution is 8.42. The second-order valence-electron chi connectivity index (χ2n) is 7.47. The van der Waals surface area contributed by atoms with Crippen molar-refractivity contribution in [1.29, 1.82) is 5.41 Å². The molecular formula is C23H22N4O5S2. The van der Waals surface area contributed by atoms with Gasteiger partial charge in [-0.15, -0.1) is 5.10 Å². The molecule has 1 amide bonds. The van der Waals surface area contributed by atoms with Crippen LogP contribution in [-0.4, -0.2) is 47.6 Å². The van der Waals surface area contributed by atoms with E-state index >= 15 is 0 Å². The van der Waals surface area contributed by atoms with Crippen LogP contribution in [0.2, 0.25) is 0 Å². The van der Waals surface area contributed by atoms with E-state index in [1.165, 1.54) is 6.08 Å². The van der Waals surface area contributed by atoms with Crippen molar-refractivity contribution in [1.82, 2.24) is 5.01 Å². The third-order valence-corrected chi connectivity index (χ3v) is 7.48. The summed E-state index contributed by atoms with van der Waals surface area (Å²) >= 11 is 0.745. The number of benzene rings is 2. The number of carbonyl (C=O) groups is 1. The Labute approximate surface area is 201 Å². The van der Waals surface area contributed by atoms with E-state index < -0.39 is 15.7 Å². The van der Waals surface area contributed by atoms with Gasteiger partial charge in [0.2, 0.25) is 19.4 Å². The first-order valence-corrected chi connectivity index (χ1v) is 13.1. The fourth-order valence-corrected chi connectivity index (χ4v) is 4.94. The Kier molecular flexibility index (Phi) is 6.58. The van der Waals surface area contributed by atoms with Crippen LogP contribution in [0.4, 0.5) is 0 Å². The molecule has 0 bridgehead atoms. The summed E-state index contributed by atoms with van der Waals surface area (Å²) < 4.78 is 35.3. The topological polar surface area (TPSA) is 121 Å². The molecule has 0 aromatic heterocycles. The molecule has 1 atom stereocenters. The number of sulfone groups is 1. The molecule has 0 unspecified atom stereocenters. The van der Waals surface area contributed by atoms with Crippen LogP contribution in [-0.2, 0) is 14.6 Å². The fraction of sp³-hybridized carbons (Fsp3) is 0.217. The number of rotatable bonds is 6.